The maximum Gasteiger partial charge on any atom is 0.234 e. The van der Waals surface area contributed by atoms with Crippen molar-refractivity contribution in [2.45, 2.75) is 70.8 Å². The van der Waals surface area contributed by atoms with Crippen LogP contribution in [0, 0.1) is 17.8 Å². The molecule has 0 aromatic heterocycles. The molecule has 21 heavy (non-hydrogen) atoms. The smallest absolute Gasteiger partial charge is 0.234 e. The molecule has 0 radical (unpaired) electrons. The Morgan fingerprint density at radius 3 is 2.33 bits per heavy atom. The standard InChI is InChI=1S/C18H32N2O/c1-14-8-15-10-16(9-14)12-18(2,11-15)19-17(21)13-20-6-4-3-5-7-20/h14-16H,3-13H2,1-2H3,(H,19,21). The third kappa shape index (κ3) is 4.00. The SMILES string of the molecule is CC1CC2CC(C1)CC(C)(NC(=O)CN1CCCCC1)C2. The number of carbonyl (C=O) groups excluding carboxylic acids is 1. The van der Waals surface area contributed by atoms with E-state index in [9.17, 15) is 4.79 Å². The third-order valence-corrected chi connectivity index (χ3v) is 5.87. The number of piperidine rings is 1. The molecule has 1 N–H and O–H groups in total. The summed E-state index contributed by atoms with van der Waals surface area (Å²) in [6, 6.07) is 0. The van der Waals surface area contributed by atoms with Crippen LogP contribution in [-0.2, 0) is 4.79 Å². The second-order valence-corrected chi connectivity index (χ2v) is 8.40. The fraction of sp³-hybridized carbons (Fsp3) is 0.944. The highest BCUT2D eigenvalue weighted by atomic mass is 16.2. The van der Waals surface area contributed by atoms with Gasteiger partial charge in [0.2, 0.25) is 5.91 Å². The average molecular weight is 292 g/mol. The molecule has 2 aliphatic carbocycles. The van der Waals surface area contributed by atoms with Crippen molar-refractivity contribution >= 4 is 5.91 Å². The van der Waals surface area contributed by atoms with E-state index in [1.807, 2.05) is 0 Å². The number of nitrogens with zero attached hydrogens (tertiary/aromatic N) is 1. The Balaban J connectivity index is 1.52. The van der Waals surface area contributed by atoms with Gasteiger partial charge in [0, 0.05) is 5.54 Å². The van der Waals surface area contributed by atoms with Gasteiger partial charge < -0.3 is 5.32 Å². The fourth-order valence-corrected chi connectivity index (χ4v) is 5.39. The van der Waals surface area contributed by atoms with Gasteiger partial charge in [0.25, 0.3) is 0 Å². The van der Waals surface area contributed by atoms with Crippen LogP contribution in [0.4, 0.5) is 0 Å². The number of amides is 1. The summed E-state index contributed by atoms with van der Waals surface area (Å²) in [7, 11) is 0. The molecule has 2 saturated carbocycles. The van der Waals surface area contributed by atoms with E-state index in [0.717, 1.165) is 30.8 Å². The van der Waals surface area contributed by atoms with Crippen molar-refractivity contribution in [3.05, 3.63) is 0 Å². The second kappa shape index (κ2) is 6.28. The van der Waals surface area contributed by atoms with E-state index in [0.29, 0.717) is 6.54 Å². The molecule has 3 heteroatoms. The van der Waals surface area contributed by atoms with Crippen LogP contribution >= 0.6 is 0 Å². The van der Waals surface area contributed by atoms with Crippen molar-refractivity contribution in [3.8, 4) is 0 Å². The van der Waals surface area contributed by atoms with Crippen molar-refractivity contribution in [2.24, 2.45) is 17.8 Å². The number of hydrogen-bond donors (Lipinski definition) is 1. The molecule has 3 aliphatic rings. The van der Waals surface area contributed by atoms with E-state index < -0.39 is 0 Å². The second-order valence-electron chi connectivity index (χ2n) is 8.40. The lowest BCUT2D eigenvalue weighted by Crippen LogP contribution is -2.54. The van der Waals surface area contributed by atoms with Crippen LogP contribution in [0.15, 0.2) is 0 Å². The van der Waals surface area contributed by atoms with Gasteiger partial charge in [0.05, 0.1) is 6.54 Å². The molecule has 1 heterocycles. The highest BCUT2D eigenvalue weighted by molar-refractivity contribution is 5.78. The Morgan fingerprint density at radius 1 is 1.10 bits per heavy atom. The summed E-state index contributed by atoms with van der Waals surface area (Å²) in [5, 5.41) is 3.41. The Labute approximate surface area is 129 Å². The Hall–Kier alpha value is -0.570. The predicted molar refractivity (Wildman–Crippen MR) is 86.1 cm³/mol. The van der Waals surface area contributed by atoms with Gasteiger partial charge in [-0.05, 0) is 82.7 Å². The summed E-state index contributed by atoms with van der Waals surface area (Å²) in [6.07, 6.45) is 10.4. The fourth-order valence-electron chi connectivity index (χ4n) is 5.39. The van der Waals surface area contributed by atoms with Gasteiger partial charge in [-0.1, -0.05) is 13.3 Å². The van der Waals surface area contributed by atoms with Crippen LogP contribution in [0.2, 0.25) is 0 Å². The first-order valence-corrected chi connectivity index (χ1v) is 9.06. The van der Waals surface area contributed by atoms with Crippen LogP contribution in [0.1, 0.15) is 65.2 Å². The quantitative estimate of drug-likeness (QED) is 0.866. The lowest BCUT2D eigenvalue weighted by Gasteiger charge is -2.47. The van der Waals surface area contributed by atoms with Gasteiger partial charge in [-0.15, -0.1) is 0 Å². The summed E-state index contributed by atoms with van der Waals surface area (Å²) in [6.45, 7) is 7.51. The predicted octanol–water partition coefficient (Wildman–Crippen LogP) is 3.19. The topological polar surface area (TPSA) is 32.3 Å². The van der Waals surface area contributed by atoms with E-state index in [1.54, 1.807) is 0 Å². The largest absolute Gasteiger partial charge is 0.350 e. The molecule has 3 nitrogen and oxygen atoms in total. The van der Waals surface area contributed by atoms with E-state index in [1.165, 1.54) is 51.4 Å². The maximum atomic E-state index is 12.4. The summed E-state index contributed by atoms with van der Waals surface area (Å²) in [5.74, 6) is 2.83. The van der Waals surface area contributed by atoms with Crippen LogP contribution in [-0.4, -0.2) is 36.0 Å². The molecule has 3 rings (SSSR count). The molecule has 1 saturated heterocycles. The van der Waals surface area contributed by atoms with Gasteiger partial charge in [-0.3, -0.25) is 9.69 Å². The van der Waals surface area contributed by atoms with E-state index in [2.05, 4.69) is 24.1 Å². The summed E-state index contributed by atoms with van der Waals surface area (Å²) >= 11 is 0. The minimum atomic E-state index is 0.0561. The number of hydrogen-bond acceptors (Lipinski definition) is 2. The normalized spacial score (nSPS) is 40.8. The van der Waals surface area contributed by atoms with Gasteiger partial charge >= 0.3 is 0 Å². The number of rotatable bonds is 3. The van der Waals surface area contributed by atoms with Gasteiger partial charge in [-0.2, -0.15) is 0 Å². The Bertz CT molecular complexity index is 357. The molecule has 2 bridgehead atoms. The minimum Gasteiger partial charge on any atom is -0.350 e. The molecule has 0 spiro atoms. The molecular formula is C18H32N2O. The summed E-state index contributed by atoms with van der Waals surface area (Å²) in [5.41, 5.74) is 0.0561. The van der Waals surface area contributed by atoms with Crippen molar-refractivity contribution < 1.29 is 4.79 Å². The van der Waals surface area contributed by atoms with Crippen molar-refractivity contribution in [2.75, 3.05) is 19.6 Å². The zero-order valence-electron chi connectivity index (χ0n) is 13.9. The number of fused-ring (bicyclic) bond motifs is 2. The Kier molecular flexibility index (Phi) is 4.58. The zero-order valence-corrected chi connectivity index (χ0v) is 13.9. The van der Waals surface area contributed by atoms with Crippen LogP contribution in [0.5, 0.6) is 0 Å². The van der Waals surface area contributed by atoms with Crippen LogP contribution < -0.4 is 5.32 Å². The molecule has 3 fully saturated rings. The molecule has 0 aromatic carbocycles. The molecule has 120 valence electrons. The first-order chi connectivity index (χ1) is 10.0. The molecule has 1 aliphatic heterocycles. The first kappa shape index (κ1) is 15.3. The molecule has 0 aromatic rings. The van der Waals surface area contributed by atoms with Crippen LogP contribution in [0.25, 0.3) is 0 Å². The lowest BCUT2D eigenvalue weighted by molar-refractivity contribution is -0.125. The molecular weight excluding hydrogens is 260 g/mol. The van der Waals surface area contributed by atoms with E-state index in [-0.39, 0.29) is 11.4 Å². The molecule has 2 atom stereocenters. The first-order valence-electron chi connectivity index (χ1n) is 9.06. The zero-order chi connectivity index (χ0) is 14.9. The van der Waals surface area contributed by atoms with E-state index >= 15 is 0 Å². The van der Waals surface area contributed by atoms with Crippen molar-refractivity contribution in [1.29, 1.82) is 0 Å². The number of likely N-dealkylation sites (tertiary alicyclic amines) is 1. The summed E-state index contributed by atoms with van der Waals surface area (Å²) in [4.78, 5) is 14.7. The van der Waals surface area contributed by atoms with Gasteiger partial charge in [0.1, 0.15) is 0 Å². The molecule has 2 unspecified atom stereocenters. The Morgan fingerprint density at radius 2 is 1.71 bits per heavy atom. The van der Waals surface area contributed by atoms with Crippen molar-refractivity contribution in [3.63, 3.8) is 0 Å². The number of carbonyl (C=O) groups is 1. The average Bonchev–Trinajstić information content (AvgIpc) is 2.36. The minimum absolute atomic E-state index is 0.0561. The van der Waals surface area contributed by atoms with Crippen LogP contribution in [0.3, 0.4) is 0 Å². The van der Waals surface area contributed by atoms with Gasteiger partial charge in [0.15, 0.2) is 0 Å². The monoisotopic (exact) mass is 292 g/mol. The molecule has 1 amide bonds. The maximum absolute atomic E-state index is 12.4. The number of nitrogens with one attached hydrogen (secondary N) is 1. The van der Waals surface area contributed by atoms with Gasteiger partial charge in [-0.25, -0.2) is 0 Å². The van der Waals surface area contributed by atoms with E-state index in [4.69, 9.17) is 0 Å². The highest BCUT2D eigenvalue weighted by Gasteiger charge is 2.41. The van der Waals surface area contributed by atoms with Crippen molar-refractivity contribution in [1.82, 2.24) is 10.2 Å². The summed E-state index contributed by atoms with van der Waals surface area (Å²) < 4.78 is 0. The third-order valence-electron chi connectivity index (χ3n) is 5.87. The highest BCUT2D eigenvalue weighted by Crippen LogP contribution is 2.46. The lowest BCUT2D eigenvalue weighted by atomic mass is 9.62.